The van der Waals surface area contributed by atoms with E-state index in [2.05, 4.69) is 42.2 Å². The number of pyridine rings is 1. The van der Waals surface area contributed by atoms with Gasteiger partial charge in [-0.25, -0.2) is 4.98 Å². The highest BCUT2D eigenvalue weighted by Crippen LogP contribution is 2.28. The Bertz CT molecular complexity index is 569. The van der Waals surface area contributed by atoms with Gasteiger partial charge in [0.15, 0.2) is 0 Å². The first-order valence-electron chi connectivity index (χ1n) is 6.99. The molecule has 0 aliphatic carbocycles. The molecule has 0 aliphatic rings. The molecule has 0 amide bonds. The van der Waals surface area contributed by atoms with Gasteiger partial charge in [0.05, 0.1) is 7.11 Å². The Morgan fingerprint density at radius 1 is 1.25 bits per heavy atom. The SMILES string of the molecule is COc1cccc2c(NCCN(C)C(C)C)nccc12. The average Bonchev–Trinajstić information content (AvgIpc) is 2.46. The Morgan fingerprint density at radius 3 is 2.75 bits per heavy atom. The lowest BCUT2D eigenvalue weighted by Crippen LogP contribution is -2.31. The van der Waals surface area contributed by atoms with Gasteiger partial charge in [-0.2, -0.15) is 0 Å². The molecule has 0 radical (unpaired) electrons. The Hall–Kier alpha value is -1.81. The van der Waals surface area contributed by atoms with E-state index in [0.29, 0.717) is 6.04 Å². The van der Waals surface area contributed by atoms with Crippen molar-refractivity contribution in [1.82, 2.24) is 9.88 Å². The molecule has 0 aliphatic heterocycles. The molecule has 1 heterocycles. The predicted octanol–water partition coefficient (Wildman–Crippen LogP) is 3.00. The third-order valence-corrected chi connectivity index (χ3v) is 3.62. The molecule has 0 fully saturated rings. The summed E-state index contributed by atoms with van der Waals surface area (Å²) < 4.78 is 5.39. The fourth-order valence-corrected chi connectivity index (χ4v) is 2.11. The van der Waals surface area contributed by atoms with E-state index in [0.717, 1.165) is 35.4 Å². The highest BCUT2D eigenvalue weighted by molar-refractivity contribution is 5.95. The summed E-state index contributed by atoms with van der Waals surface area (Å²) in [5, 5.41) is 5.60. The summed E-state index contributed by atoms with van der Waals surface area (Å²) in [6.45, 7) is 6.25. The standard InChI is InChI=1S/C16H23N3O/c1-12(2)19(3)11-10-18-16-14-6-5-7-15(20-4)13(14)8-9-17-16/h5-9,12H,10-11H2,1-4H3,(H,17,18). The predicted molar refractivity (Wildman–Crippen MR) is 84.6 cm³/mol. The van der Waals surface area contributed by atoms with Crippen LogP contribution in [0.5, 0.6) is 5.75 Å². The Balaban J connectivity index is 2.15. The first kappa shape index (κ1) is 14.6. The Morgan fingerprint density at radius 2 is 2.05 bits per heavy atom. The van der Waals surface area contributed by atoms with Crippen molar-refractivity contribution in [1.29, 1.82) is 0 Å². The van der Waals surface area contributed by atoms with Gasteiger partial charge in [0, 0.05) is 36.1 Å². The van der Waals surface area contributed by atoms with Crippen molar-refractivity contribution in [3.8, 4) is 5.75 Å². The van der Waals surface area contributed by atoms with Crippen molar-refractivity contribution in [3.05, 3.63) is 30.5 Å². The number of methoxy groups -OCH3 is 1. The van der Waals surface area contributed by atoms with Crippen LogP contribution in [0.2, 0.25) is 0 Å². The number of nitrogens with zero attached hydrogens (tertiary/aromatic N) is 2. The maximum Gasteiger partial charge on any atom is 0.133 e. The summed E-state index contributed by atoms with van der Waals surface area (Å²) in [5.41, 5.74) is 0. The zero-order chi connectivity index (χ0) is 14.5. The largest absolute Gasteiger partial charge is 0.496 e. The number of anilines is 1. The number of fused-ring (bicyclic) bond motifs is 1. The van der Waals surface area contributed by atoms with Crippen LogP contribution < -0.4 is 10.1 Å². The van der Waals surface area contributed by atoms with Crippen LogP contribution in [0.4, 0.5) is 5.82 Å². The number of benzene rings is 1. The van der Waals surface area contributed by atoms with E-state index in [9.17, 15) is 0 Å². The number of hydrogen-bond donors (Lipinski definition) is 1. The van der Waals surface area contributed by atoms with Crippen LogP contribution in [-0.2, 0) is 0 Å². The van der Waals surface area contributed by atoms with Crippen LogP contribution in [-0.4, -0.2) is 43.2 Å². The van der Waals surface area contributed by atoms with E-state index in [1.54, 1.807) is 7.11 Å². The fraction of sp³-hybridized carbons (Fsp3) is 0.438. The number of aromatic nitrogens is 1. The molecule has 0 atom stereocenters. The van der Waals surface area contributed by atoms with Crippen LogP contribution in [0.3, 0.4) is 0 Å². The van der Waals surface area contributed by atoms with Crippen LogP contribution in [0.25, 0.3) is 10.8 Å². The smallest absolute Gasteiger partial charge is 0.133 e. The summed E-state index contributed by atoms with van der Waals surface area (Å²) in [5.74, 6) is 1.80. The van der Waals surface area contributed by atoms with E-state index in [4.69, 9.17) is 4.74 Å². The minimum absolute atomic E-state index is 0.553. The van der Waals surface area contributed by atoms with Gasteiger partial charge >= 0.3 is 0 Å². The molecular formula is C16H23N3O. The molecule has 4 heteroatoms. The molecular weight excluding hydrogens is 250 g/mol. The van der Waals surface area contributed by atoms with E-state index in [1.807, 2.05) is 24.4 Å². The Labute approximate surface area is 120 Å². The zero-order valence-corrected chi connectivity index (χ0v) is 12.7. The van der Waals surface area contributed by atoms with Gasteiger partial charge in [0.25, 0.3) is 0 Å². The highest BCUT2D eigenvalue weighted by atomic mass is 16.5. The third-order valence-electron chi connectivity index (χ3n) is 3.62. The second-order valence-corrected chi connectivity index (χ2v) is 5.22. The van der Waals surface area contributed by atoms with Gasteiger partial charge in [-0.15, -0.1) is 0 Å². The summed E-state index contributed by atoms with van der Waals surface area (Å²) in [6, 6.07) is 8.57. The number of likely N-dealkylation sites (N-methyl/N-ethyl adjacent to an activating group) is 1. The second-order valence-electron chi connectivity index (χ2n) is 5.22. The average molecular weight is 273 g/mol. The lowest BCUT2D eigenvalue weighted by molar-refractivity contribution is 0.284. The van der Waals surface area contributed by atoms with Crippen molar-refractivity contribution in [2.24, 2.45) is 0 Å². The second kappa shape index (κ2) is 6.57. The molecule has 2 rings (SSSR count). The van der Waals surface area contributed by atoms with E-state index in [1.165, 1.54) is 0 Å². The van der Waals surface area contributed by atoms with Gasteiger partial charge in [0.2, 0.25) is 0 Å². The van der Waals surface area contributed by atoms with Crippen molar-refractivity contribution in [2.75, 3.05) is 32.6 Å². The van der Waals surface area contributed by atoms with Crippen LogP contribution >= 0.6 is 0 Å². The van der Waals surface area contributed by atoms with Gasteiger partial charge < -0.3 is 15.0 Å². The van der Waals surface area contributed by atoms with Crippen LogP contribution in [0.15, 0.2) is 30.5 Å². The molecule has 0 bridgehead atoms. The molecule has 1 N–H and O–H groups in total. The topological polar surface area (TPSA) is 37.4 Å². The van der Waals surface area contributed by atoms with Crippen LogP contribution in [0.1, 0.15) is 13.8 Å². The molecule has 1 aromatic heterocycles. The molecule has 20 heavy (non-hydrogen) atoms. The molecule has 2 aromatic rings. The Kier molecular flexibility index (Phi) is 4.79. The third kappa shape index (κ3) is 3.20. The first-order valence-corrected chi connectivity index (χ1v) is 6.99. The minimum atomic E-state index is 0.553. The highest BCUT2D eigenvalue weighted by Gasteiger charge is 2.07. The van der Waals surface area contributed by atoms with Crippen molar-refractivity contribution >= 4 is 16.6 Å². The van der Waals surface area contributed by atoms with E-state index in [-0.39, 0.29) is 0 Å². The van der Waals surface area contributed by atoms with Crippen molar-refractivity contribution < 1.29 is 4.74 Å². The molecule has 0 spiro atoms. The molecule has 0 saturated heterocycles. The number of ether oxygens (including phenoxy) is 1. The lowest BCUT2D eigenvalue weighted by atomic mass is 10.1. The maximum atomic E-state index is 5.39. The normalized spacial score (nSPS) is 11.3. The van der Waals surface area contributed by atoms with Gasteiger partial charge in [-0.3, -0.25) is 0 Å². The molecule has 0 saturated carbocycles. The van der Waals surface area contributed by atoms with Gasteiger partial charge in [0.1, 0.15) is 11.6 Å². The van der Waals surface area contributed by atoms with E-state index < -0.39 is 0 Å². The fourth-order valence-electron chi connectivity index (χ4n) is 2.11. The minimum Gasteiger partial charge on any atom is -0.496 e. The molecule has 4 nitrogen and oxygen atoms in total. The number of hydrogen-bond acceptors (Lipinski definition) is 4. The monoisotopic (exact) mass is 273 g/mol. The van der Waals surface area contributed by atoms with Crippen molar-refractivity contribution in [2.45, 2.75) is 19.9 Å². The first-order chi connectivity index (χ1) is 9.63. The quantitative estimate of drug-likeness (QED) is 0.878. The van der Waals surface area contributed by atoms with Crippen LogP contribution in [0, 0.1) is 0 Å². The lowest BCUT2D eigenvalue weighted by Gasteiger charge is -2.21. The number of nitrogens with one attached hydrogen (secondary N) is 1. The van der Waals surface area contributed by atoms with Gasteiger partial charge in [-0.1, -0.05) is 12.1 Å². The summed E-state index contributed by atoms with van der Waals surface area (Å²) in [7, 11) is 3.83. The van der Waals surface area contributed by atoms with E-state index >= 15 is 0 Å². The summed E-state index contributed by atoms with van der Waals surface area (Å²) >= 11 is 0. The molecule has 108 valence electrons. The summed E-state index contributed by atoms with van der Waals surface area (Å²) in [6.07, 6.45) is 1.82. The maximum absolute atomic E-state index is 5.39. The zero-order valence-electron chi connectivity index (χ0n) is 12.7. The summed E-state index contributed by atoms with van der Waals surface area (Å²) in [4.78, 5) is 6.74. The van der Waals surface area contributed by atoms with Crippen molar-refractivity contribution in [3.63, 3.8) is 0 Å². The number of rotatable bonds is 6. The van der Waals surface area contributed by atoms with Gasteiger partial charge in [-0.05, 0) is 33.0 Å². The molecule has 0 unspecified atom stereocenters. The molecule has 1 aromatic carbocycles.